The van der Waals surface area contributed by atoms with E-state index in [1.54, 1.807) is 0 Å². The number of methoxy groups -OCH3 is 1. The van der Waals surface area contributed by atoms with Gasteiger partial charge in [-0.05, 0) is 19.5 Å². The predicted octanol–water partition coefficient (Wildman–Crippen LogP) is 2.06. The van der Waals surface area contributed by atoms with Gasteiger partial charge in [0.25, 0.3) is 0 Å². The summed E-state index contributed by atoms with van der Waals surface area (Å²) in [5.74, 6) is -0.137. The van der Waals surface area contributed by atoms with Crippen LogP contribution in [0.5, 0.6) is 0 Å². The summed E-state index contributed by atoms with van der Waals surface area (Å²) in [6.07, 6.45) is 4.98. The van der Waals surface area contributed by atoms with Crippen LogP contribution in [-0.4, -0.2) is 37.6 Å². The van der Waals surface area contributed by atoms with Gasteiger partial charge >= 0.3 is 5.97 Å². The highest BCUT2D eigenvalue weighted by Gasteiger charge is 2.07. The van der Waals surface area contributed by atoms with Gasteiger partial charge in [0.05, 0.1) is 13.7 Å². The van der Waals surface area contributed by atoms with Gasteiger partial charge in [0.2, 0.25) is 0 Å². The molecule has 0 heterocycles. The highest BCUT2D eigenvalue weighted by molar-refractivity contribution is 5.71. The first-order valence-corrected chi connectivity index (χ1v) is 5.53. The molecule has 0 aromatic heterocycles. The fourth-order valence-electron chi connectivity index (χ4n) is 1.36. The molecule has 3 heteroatoms. The van der Waals surface area contributed by atoms with E-state index in [1.165, 1.54) is 32.8 Å². The number of hydrogen-bond donors (Lipinski definition) is 0. The van der Waals surface area contributed by atoms with E-state index in [9.17, 15) is 4.79 Å². The van der Waals surface area contributed by atoms with Crippen LogP contribution in [0.15, 0.2) is 0 Å². The minimum absolute atomic E-state index is 0.137. The quantitative estimate of drug-likeness (QED) is 0.445. The topological polar surface area (TPSA) is 29.5 Å². The van der Waals surface area contributed by atoms with E-state index in [0.29, 0.717) is 6.54 Å². The number of unbranched alkanes of at least 4 members (excludes halogenated alkanes) is 3. The van der Waals surface area contributed by atoms with Crippen molar-refractivity contribution in [1.82, 2.24) is 4.90 Å². The second-order valence-electron chi connectivity index (χ2n) is 3.51. The molecule has 0 N–H and O–H groups in total. The molecule has 0 saturated carbocycles. The Balaban J connectivity index is 3.52. The first-order chi connectivity index (χ1) is 6.74. The fraction of sp³-hybridized carbons (Fsp3) is 0.909. The molecule has 0 aliphatic heterocycles. The molecular weight excluding hydrogens is 178 g/mol. The molecule has 0 radical (unpaired) electrons. The fourth-order valence-corrected chi connectivity index (χ4v) is 1.36. The SMILES string of the molecule is CCCCCCN(CC)CC(=O)OC. The average Bonchev–Trinajstić information content (AvgIpc) is 2.22. The minimum Gasteiger partial charge on any atom is -0.468 e. The number of esters is 1. The number of carbonyl (C=O) groups excluding carboxylic acids is 1. The standard InChI is InChI=1S/C11H23NO2/c1-4-6-7-8-9-12(5-2)10-11(13)14-3/h4-10H2,1-3H3. The first-order valence-electron chi connectivity index (χ1n) is 5.53. The molecule has 0 amide bonds. The first kappa shape index (κ1) is 13.4. The van der Waals surface area contributed by atoms with Crippen LogP contribution in [0.3, 0.4) is 0 Å². The summed E-state index contributed by atoms with van der Waals surface area (Å²) in [5, 5.41) is 0. The summed E-state index contributed by atoms with van der Waals surface area (Å²) >= 11 is 0. The van der Waals surface area contributed by atoms with E-state index < -0.39 is 0 Å². The molecule has 0 bridgehead atoms. The maximum atomic E-state index is 11.0. The van der Waals surface area contributed by atoms with E-state index in [-0.39, 0.29) is 5.97 Å². The molecule has 0 saturated heterocycles. The zero-order valence-corrected chi connectivity index (χ0v) is 9.71. The Hall–Kier alpha value is -0.570. The van der Waals surface area contributed by atoms with Gasteiger partial charge in [-0.1, -0.05) is 33.1 Å². The van der Waals surface area contributed by atoms with E-state index in [0.717, 1.165) is 13.1 Å². The minimum atomic E-state index is -0.137. The molecule has 0 aliphatic rings. The Morgan fingerprint density at radius 1 is 1.21 bits per heavy atom. The zero-order valence-electron chi connectivity index (χ0n) is 9.71. The number of carbonyl (C=O) groups is 1. The molecular formula is C11H23NO2. The Morgan fingerprint density at radius 3 is 2.43 bits per heavy atom. The number of rotatable bonds is 8. The highest BCUT2D eigenvalue weighted by atomic mass is 16.5. The summed E-state index contributed by atoms with van der Waals surface area (Å²) in [6, 6.07) is 0. The van der Waals surface area contributed by atoms with Gasteiger partial charge < -0.3 is 4.74 Å². The lowest BCUT2D eigenvalue weighted by Gasteiger charge is -2.18. The monoisotopic (exact) mass is 201 g/mol. The number of ether oxygens (including phenoxy) is 1. The van der Waals surface area contributed by atoms with Crippen LogP contribution < -0.4 is 0 Å². The van der Waals surface area contributed by atoms with Crippen LogP contribution in [0.25, 0.3) is 0 Å². The predicted molar refractivity (Wildman–Crippen MR) is 58.3 cm³/mol. The zero-order chi connectivity index (χ0) is 10.8. The number of nitrogens with zero attached hydrogens (tertiary/aromatic N) is 1. The summed E-state index contributed by atoms with van der Waals surface area (Å²) in [5.41, 5.74) is 0. The molecule has 0 fully saturated rings. The lowest BCUT2D eigenvalue weighted by atomic mass is 10.2. The van der Waals surface area contributed by atoms with E-state index in [4.69, 9.17) is 0 Å². The Kier molecular flexibility index (Phi) is 8.64. The Labute approximate surface area is 87.4 Å². The summed E-state index contributed by atoms with van der Waals surface area (Å²) in [6.45, 7) is 6.63. The Bertz CT molecular complexity index is 148. The van der Waals surface area contributed by atoms with Crippen molar-refractivity contribution in [1.29, 1.82) is 0 Å². The molecule has 0 unspecified atom stereocenters. The van der Waals surface area contributed by atoms with Gasteiger partial charge in [-0.2, -0.15) is 0 Å². The third-order valence-corrected chi connectivity index (χ3v) is 2.36. The van der Waals surface area contributed by atoms with Gasteiger partial charge in [-0.25, -0.2) is 0 Å². The van der Waals surface area contributed by atoms with Crippen LogP contribution in [0, 0.1) is 0 Å². The third kappa shape index (κ3) is 6.89. The van der Waals surface area contributed by atoms with E-state index >= 15 is 0 Å². The van der Waals surface area contributed by atoms with Gasteiger partial charge in [0, 0.05) is 0 Å². The molecule has 84 valence electrons. The second kappa shape index (κ2) is 9.00. The van der Waals surface area contributed by atoms with Crippen molar-refractivity contribution in [2.45, 2.75) is 39.5 Å². The molecule has 14 heavy (non-hydrogen) atoms. The number of likely N-dealkylation sites (N-methyl/N-ethyl adjacent to an activating group) is 1. The van der Waals surface area contributed by atoms with E-state index in [1.807, 2.05) is 0 Å². The van der Waals surface area contributed by atoms with Crippen LogP contribution >= 0.6 is 0 Å². The van der Waals surface area contributed by atoms with Crippen LogP contribution in [0.2, 0.25) is 0 Å². The van der Waals surface area contributed by atoms with Crippen molar-refractivity contribution in [2.24, 2.45) is 0 Å². The molecule has 0 atom stereocenters. The van der Waals surface area contributed by atoms with Crippen molar-refractivity contribution < 1.29 is 9.53 Å². The molecule has 0 aromatic carbocycles. The van der Waals surface area contributed by atoms with Crippen molar-refractivity contribution in [3.63, 3.8) is 0 Å². The van der Waals surface area contributed by atoms with Gasteiger partial charge in [0.15, 0.2) is 0 Å². The normalized spacial score (nSPS) is 10.6. The molecule has 3 nitrogen and oxygen atoms in total. The largest absolute Gasteiger partial charge is 0.468 e. The van der Waals surface area contributed by atoms with Crippen molar-refractivity contribution in [3.05, 3.63) is 0 Å². The second-order valence-corrected chi connectivity index (χ2v) is 3.51. The lowest BCUT2D eigenvalue weighted by Crippen LogP contribution is -2.31. The maximum absolute atomic E-state index is 11.0. The number of hydrogen-bond acceptors (Lipinski definition) is 3. The summed E-state index contributed by atoms with van der Waals surface area (Å²) in [7, 11) is 1.44. The average molecular weight is 201 g/mol. The summed E-state index contributed by atoms with van der Waals surface area (Å²) < 4.78 is 4.63. The highest BCUT2D eigenvalue weighted by Crippen LogP contribution is 2.01. The third-order valence-electron chi connectivity index (χ3n) is 2.36. The molecule has 0 aromatic rings. The smallest absolute Gasteiger partial charge is 0.319 e. The van der Waals surface area contributed by atoms with E-state index in [2.05, 4.69) is 23.5 Å². The lowest BCUT2D eigenvalue weighted by molar-refractivity contribution is -0.141. The van der Waals surface area contributed by atoms with Gasteiger partial charge in [-0.3, -0.25) is 9.69 Å². The maximum Gasteiger partial charge on any atom is 0.319 e. The summed E-state index contributed by atoms with van der Waals surface area (Å²) in [4.78, 5) is 13.1. The van der Waals surface area contributed by atoms with Gasteiger partial charge in [0.1, 0.15) is 0 Å². The molecule has 0 aliphatic carbocycles. The Morgan fingerprint density at radius 2 is 1.93 bits per heavy atom. The molecule has 0 spiro atoms. The van der Waals surface area contributed by atoms with Crippen LogP contribution in [-0.2, 0) is 9.53 Å². The van der Waals surface area contributed by atoms with Crippen molar-refractivity contribution in [3.8, 4) is 0 Å². The van der Waals surface area contributed by atoms with Crippen molar-refractivity contribution in [2.75, 3.05) is 26.7 Å². The van der Waals surface area contributed by atoms with Crippen LogP contribution in [0.4, 0.5) is 0 Å². The van der Waals surface area contributed by atoms with Crippen molar-refractivity contribution >= 4 is 5.97 Å². The van der Waals surface area contributed by atoms with Crippen LogP contribution in [0.1, 0.15) is 39.5 Å². The molecule has 0 rings (SSSR count). The van der Waals surface area contributed by atoms with Gasteiger partial charge in [-0.15, -0.1) is 0 Å².